The van der Waals surface area contributed by atoms with Crippen LogP contribution in [0.3, 0.4) is 0 Å². The molecule has 0 aliphatic carbocycles. The van der Waals surface area contributed by atoms with Crippen molar-refractivity contribution in [3.63, 3.8) is 0 Å². The van der Waals surface area contributed by atoms with Crippen LogP contribution in [0.4, 0.5) is 0 Å². The molecule has 4 nitrogen and oxygen atoms in total. The quantitative estimate of drug-likeness (QED) is 0.784. The molecule has 2 aliphatic rings. The zero-order valence-electron chi connectivity index (χ0n) is 15.6. The van der Waals surface area contributed by atoms with Gasteiger partial charge in [0.25, 0.3) is 0 Å². The smallest absolute Gasteiger partial charge is 0.222 e. The fourth-order valence-corrected chi connectivity index (χ4v) is 4.66. The van der Waals surface area contributed by atoms with Gasteiger partial charge in [-0.2, -0.15) is 0 Å². The van der Waals surface area contributed by atoms with Gasteiger partial charge in [0.2, 0.25) is 5.91 Å². The van der Waals surface area contributed by atoms with Gasteiger partial charge in [-0.05, 0) is 61.6 Å². The molecule has 1 aromatic carbocycles. The maximum atomic E-state index is 12.7. The summed E-state index contributed by atoms with van der Waals surface area (Å²) in [5, 5.41) is 0.779. The molecule has 5 heteroatoms. The zero-order valence-corrected chi connectivity index (χ0v) is 16.4. The third kappa shape index (κ3) is 4.17. The highest BCUT2D eigenvalue weighted by atomic mass is 35.5. The van der Waals surface area contributed by atoms with Crippen molar-refractivity contribution in [1.29, 1.82) is 0 Å². The lowest BCUT2D eigenvalue weighted by Gasteiger charge is -2.35. The van der Waals surface area contributed by atoms with Gasteiger partial charge in [0.1, 0.15) is 0 Å². The summed E-state index contributed by atoms with van der Waals surface area (Å²) in [6.45, 7) is 3.80. The minimum atomic E-state index is 0.156. The molecular formula is C22H26ClN3O. The molecule has 0 N–H and O–H groups in total. The van der Waals surface area contributed by atoms with Gasteiger partial charge in [0.05, 0.1) is 0 Å². The van der Waals surface area contributed by atoms with Gasteiger partial charge in [0.15, 0.2) is 0 Å². The fraction of sp³-hybridized carbons (Fsp3) is 0.455. The summed E-state index contributed by atoms with van der Waals surface area (Å²) in [7, 11) is 0. The minimum absolute atomic E-state index is 0.156. The van der Waals surface area contributed by atoms with Gasteiger partial charge in [-0.15, -0.1) is 0 Å². The van der Waals surface area contributed by atoms with Crippen LogP contribution in [0, 0.1) is 0 Å². The second kappa shape index (κ2) is 7.99. The summed E-state index contributed by atoms with van der Waals surface area (Å²) in [6.07, 6.45) is 8.44. The average Bonchev–Trinajstić information content (AvgIpc) is 3.30. The molecule has 1 spiro atoms. The number of likely N-dealkylation sites (tertiary alicyclic amines) is 2. The van der Waals surface area contributed by atoms with Gasteiger partial charge < -0.3 is 4.90 Å². The average molecular weight is 384 g/mol. The normalized spacial score (nSPS) is 22.6. The van der Waals surface area contributed by atoms with Crippen LogP contribution >= 0.6 is 11.6 Å². The Morgan fingerprint density at radius 3 is 2.74 bits per heavy atom. The van der Waals surface area contributed by atoms with E-state index >= 15 is 0 Å². The number of amides is 1. The molecule has 1 amide bonds. The fourth-order valence-electron chi connectivity index (χ4n) is 4.54. The molecule has 1 aromatic heterocycles. The number of halogens is 1. The van der Waals surface area contributed by atoms with Crippen molar-refractivity contribution in [2.24, 2.45) is 0 Å². The number of hydrogen-bond acceptors (Lipinski definition) is 3. The van der Waals surface area contributed by atoms with Gasteiger partial charge in [-0.25, -0.2) is 0 Å². The Hall–Kier alpha value is -1.91. The summed E-state index contributed by atoms with van der Waals surface area (Å²) in [4.78, 5) is 21.5. The van der Waals surface area contributed by atoms with Crippen LogP contribution in [0.25, 0.3) is 0 Å². The monoisotopic (exact) mass is 383 g/mol. The Labute approximate surface area is 166 Å². The van der Waals surface area contributed by atoms with E-state index in [9.17, 15) is 4.79 Å². The number of pyridine rings is 1. The van der Waals surface area contributed by atoms with E-state index in [1.165, 1.54) is 18.4 Å². The van der Waals surface area contributed by atoms with E-state index in [0.29, 0.717) is 6.42 Å². The number of rotatable bonds is 5. The van der Waals surface area contributed by atoms with E-state index < -0.39 is 0 Å². The Kier molecular flexibility index (Phi) is 5.46. The van der Waals surface area contributed by atoms with Crippen LogP contribution in [-0.4, -0.2) is 45.9 Å². The van der Waals surface area contributed by atoms with Crippen molar-refractivity contribution >= 4 is 17.5 Å². The van der Waals surface area contributed by atoms with E-state index in [4.69, 9.17) is 11.6 Å². The predicted molar refractivity (Wildman–Crippen MR) is 108 cm³/mol. The summed E-state index contributed by atoms with van der Waals surface area (Å²) in [6, 6.07) is 12.1. The summed E-state index contributed by atoms with van der Waals surface area (Å²) in [5.41, 5.74) is 2.58. The second-order valence-electron chi connectivity index (χ2n) is 7.80. The first kappa shape index (κ1) is 18.5. The second-order valence-corrected chi connectivity index (χ2v) is 8.24. The molecule has 1 atom stereocenters. The number of benzene rings is 1. The van der Waals surface area contributed by atoms with Crippen LogP contribution in [0.15, 0.2) is 48.8 Å². The summed E-state index contributed by atoms with van der Waals surface area (Å²) in [5.74, 6) is 0.272. The van der Waals surface area contributed by atoms with E-state index in [-0.39, 0.29) is 11.4 Å². The molecule has 0 bridgehead atoms. The van der Waals surface area contributed by atoms with Gasteiger partial charge >= 0.3 is 0 Å². The maximum absolute atomic E-state index is 12.7. The molecule has 0 saturated carbocycles. The topological polar surface area (TPSA) is 36.4 Å². The van der Waals surface area contributed by atoms with Crippen LogP contribution in [-0.2, 0) is 17.8 Å². The van der Waals surface area contributed by atoms with Crippen molar-refractivity contribution < 1.29 is 4.79 Å². The SMILES string of the molecule is O=C(CCc1cccnc1)N1CCC2(CCCN2Cc2ccc(Cl)cc2)C1. The minimum Gasteiger partial charge on any atom is -0.341 e. The molecule has 142 valence electrons. The van der Waals surface area contributed by atoms with E-state index in [1.807, 2.05) is 30.5 Å². The number of nitrogens with zero attached hydrogens (tertiary/aromatic N) is 3. The Balaban J connectivity index is 1.36. The number of aryl methyl sites for hydroxylation is 1. The van der Waals surface area contributed by atoms with Crippen molar-refractivity contribution in [2.45, 2.75) is 44.2 Å². The predicted octanol–water partition coefficient (Wildman–Crippen LogP) is 3.93. The van der Waals surface area contributed by atoms with Crippen molar-refractivity contribution in [3.8, 4) is 0 Å². The first-order valence-electron chi connectivity index (χ1n) is 9.81. The van der Waals surface area contributed by atoms with Crippen LogP contribution in [0.1, 0.15) is 36.8 Å². The number of carbonyl (C=O) groups is 1. The van der Waals surface area contributed by atoms with Crippen LogP contribution in [0.2, 0.25) is 5.02 Å². The maximum Gasteiger partial charge on any atom is 0.222 e. The first-order valence-corrected chi connectivity index (χ1v) is 10.2. The Morgan fingerprint density at radius 1 is 1.11 bits per heavy atom. The molecule has 3 heterocycles. The molecule has 1 unspecified atom stereocenters. The molecule has 27 heavy (non-hydrogen) atoms. The first-order chi connectivity index (χ1) is 13.1. The van der Waals surface area contributed by atoms with Gasteiger partial charge in [-0.3, -0.25) is 14.7 Å². The lowest BCUT2D eigenvalue weighted by molar-refractivity contribution is -0.130. The van der Waals surface area contributed by atoms with E-state index in [1.54, 1.807) is 6.20 Å². The Bertz CT molecular complexity index is 780. The molecular weight excluding hydrogens is 358 g/mol. The Morgan fingerprint density at radius 2 is 1.96 bits per heavy atom. The van der Waals surface area contributed by atoms with Crippen LogP contribution < -0.4 is 0 Å². The number of aromatic nitrogens is 1. The highest BCUT2D eigenvalue weighted by Crippen LogP contribution is 2.38. The molecule has 2 aliphatic heterocycles. The number of hydrogen-bond donors (Lipinski definition) is 0. The lowest BCUT2D eigenvalue weighted by Crippen LogP contribution is -2.46. The lowest BCUT2D eigenvalue weighted by atomic mass is 9.94. The van der Waals surface area contributed by atoms with E-state index in [2.05, 4.69) is 26.9 Å². The molecule has 2 saturated heterocycles. The molecule has 0 radical (unpaired) electrons. The molecule has 2 fully saturated rings. The highest BCUT2D eigenvalue weighted by Gasteiger charge is 2.46. The third-order valence-electron chi connectivity index (χ3n) is 6.06. The number of carbonyl (C=O) groups excluding carboxylic acids is 1. The van der Waals surface area contributed by atoms with Gasteiger partial charge in [0, 0.05) is 49.0 Å². The largest absolute Gasteiger partial charge is 0.341 e. The molecule has 4 rings (SSSR count). The third-order valence-corrected chi connectivity index (χ3v) is 6.31. The summed E-state index contributed by atoms with van der Waals surface area (Å²) >= 11 is 6.02. The van der Waals surface area contributed by atoms with E-state index in [0.717, 1.165) is 49.6 Å². The van der Waals surface area contributed by atoms with Crippen molar-refractivity contribution in [1.82, 2.24) is 14.8 Å². The molecule has 2 aromatic rings. The van der Waals surface area contributed by atoms with Gasteiger partial charge in [-0.1, -0.05) is 29.8 Å². The zero-order chi connectivity index (χ0) is 18.7. The van der Waals surface area contributed by atoms with Crippen LogP contribution in [0.5, 0.6) is 0 Å². The van der Waals surface area contributed by atoms with Crippen molar-refractivity contribution in [3.05, 3.63) is 64.9 Å². The standard InChI is InChI=1S/C22H26ClN3O/c23-20-7-4-19(5-8-20)16-26-13-2-10-22(26)11-14-25(17-22)21(27)9-6-18-3-1-12-24-15-18/h1,3-5,7-8,12,15H,2,6,9-11,13-14,16-17H2. The van der Waals surface area contributed by atoms with Crippen molar-refractivity contribution in [2.75, 3.05) is 19.6 Å². The summed E-state index contributed by atoms with van der Waals surface area (Å²) < 4.78 is 0. The highest BCUT2D eigenvalue weighted by molar-refractivity contribution is 6.30.